The van der Waals surface area contributed by atoms with E-state index in [1.54, 1.807) is 22.3 Å². The van der Waals surface area contributed by atoms with Crippen LogP contribution in [-0.2, 0) is 26.2 Å². The first-order valence-corrected chi connectivity index (χ1v) is 40.0. The van der Waals surface area contributed by atoms with E-state index in [1.807, 2.05) is 0 Å². The standard InChI is InChI=1S/C82H166N4/c1-13-17-21-25-29-33-37-41-45-49-53-57-61-65-69-83(5,6)75-79-73-81(77-85(9,10)71-67-63-59-55-51-47-43-39-35-31-27-23-19-15-3)82(78-86(11,12)72-68-64-60-56-52-48-44-40-36-32-28-24-20-16-4)74-80(79)76-84(7,8)70-66-62-58-54-50-46-42-38-34-30-26-22-18-14-2/h73-74H,13-72,75-78H2,1-12H3/q+4. The zero-order valence-electron chi connectivity index (χ0n) is 62.2. The predicted octanol–water partition coefficient (Wildman–Crippen LogP) is 25.9. The lowest BCUT2D eigenvalue weighted by atomic mass is 9.94. The van der Waals surface area contributed by atoms with Crippen LogP contribution in [0.4, 0.5) is 0 Å². The van der Waals surface area contributed by atoms with Gasteiger partial charge in [0.1, 0.15) is 26.2 Å². The van der Waals surface area contributed by atoms with Crippen LogP contribution in [0.3, 0.4) is 0 Å². The van der Waals surface area contributed by atoms with Crippen LogP contribution in [-0.4, -0.2) is 100 Å². The van der Waals surface area contributed by atoms with E-state index in [9.17, 15) is 0 Å². The highest BCUT2D eigenvalue weighted by molar-refractivity contribution is 5.38. The van der Waals surface area contributed by atoms with E-state index in [-0.39, 0.29) is 0 Å². The lowest BCUT2D eigenvalue weighted by molar-refractivity contribution is -0.908. The Bertz CT molecular complexity index is 1350. The summed E-state index contributed by atoms with van der Waals surface area (Å²) in [5, 5.41) is 0. The number of benzene rings is 1. The molecule has 0 spiro atoms. The molecule has 86 heavy (non-hydrogen) atoms. The Morgan fingerprint density at radius 1 is 0.163 bits per heavy atom. The molecule has 4 heteroatoms. The van der Waals surface area contributed by atoms with Crippen LogP contribution in [0, 0.1) is 0 Å². The van der Waals surface area contributed by atoms with E-state index in [2.05, 4.69) is 96.2 Å². The van der Waals surface area contributed by atoms with Gasteiger partial charge < -0.3 is 17.9 Å². The van der Waals surface area contributed by atoms with Crippen LogP contribution in [0.5, 0.6) is 0 Å². The smallest absolute Gasteiger partial charge is 0.104 e. The highest BCUT2D eigenvalue weighted by Crippen LogP contribution is 2.30. The van der Waals surface area contributed by atoms with Crippen LogP contribution in [0.1, 0.15) is 410 Å². The molecular weight excluding hydrogens is 1040 g/mol. The fraction of sp³-hybridized carbons (Fsp3) is 0.927. The van der Waals surface area contributed by atoms with Crippen molar-refractivity contribution < 1.29 is 17.9 Å². The average Bonchev–Trinajstić information content (AvgIpc) is 1.37. The Morgan fingerprint density at radius 2 is 0.267 bits per heavy atom. The number of quaternary nitrogens is 4. The summed E-state index contributed by atoms with van der Waals surface area (Å²) in [6, 6.07) is 5.64. The van der Waals surface area contributed by atoms with Gasteiger partial charge in [0.25, 0.3) is 0 Å². The molecule has 0 atom stereocenters. The minimum atomic E-state index is 1.11. The molecule has 510 valence electrons. The van der Waals surface area contributed by atoms with Crippen molar-refractivity contribution in [3.63, 3.8) is 0 Å². The van der Waals surface area contributed by atoms with Crippen molar-refractivity contribution >= 4 is 0 Å². The molecule has 1 aromatic rings. The van der Waals surface area contributed by atoms with Gasteiger partial charge in [0, 0.05) is 22.3 Å². The molecule has 0 amide bonds. The van der Waals surface area contributed by atoms with Gasteiger partial charge in [-0.3, -0.25) is 0 Å². The molecule has 0 N–H and O–H groups in total. The third kappa shape index (κ3) is 52.7. The fourth-order valence-electron chi connectivity index (χ4n) is 14.5. The van der Waals surface area contributed by atoms with Crippen molar-refractivity contribution in [2.24, 2.45) is 0 Å². The van der Waals surface area contributed by atoms with Crippen LogP contribution in [0.15, 0.2) is 12.1 Å². The maximum absolute atomic E-state index is 2.82. The fourth-order valence-corrected chi connectivity index (χ4v) is 14.5. The number of hydrogen-bond acceptors (Lipinski definition) is 0. The largest absolute Gasteiger partial charge is 0.325 e. The van der Waals surface area contributed by atoms with E-state index < -0.39 is 0 Å². The maximum atomic E-state index is 2.82. The summed E-state index contributed by atoms with van der Waals surface area (Å²) in [4.78, 5) is 0. The molecule has 0 saturated heterocycles. The lowest BCUT2D eigenvalue weighted by Crippen LogP contribution is -2.44. The second kappa shape index (κ2) is 56.8. The minimum Gasteiger partial charge on any atom is -0.325 e. The monoisotopic (exact) mass is 1210 g/mol. The Balaban J connectivity index is 3.18. The Labute approximate surface area is 545 Å². The quantitative estimate of drug-likeness (QED) is 0.0450. The second-order valence-corrected chi connectivity index (χ2v) is 32.0. The Hall–Kier alpha value is -0.940. The van der Waals surface area contributed by atoms with E-state index in [1.165, 1.54) is 386 Å². The zero-order valence-corrected chi connectivity index (χ0v) is 62.2. The van der Waals surface area contributed by atoms with Crippen LogP contribution < -0.4 is 0 Å². The van der Waals surface area contributed by atoms with Gasteiger partial charge in [-0.1, -0.05) is 336 Å². The van der Waals surface area contributed by atoms with Crippen molar-refractivity contribution in [3.05, 3.63) is 34.4 Å². The van der Waals surface area contributed by atoms with Crippen molar-refractivity contribution in [1.82, 2.24) is 0 Å². The molecule has 0 heterocycles. The molecule has 4 nitrogen and oxygen atoms in total. The third-order valence-electron chi connectivity index (χ3n) is 20.4. The first kappa shape index (κ1) is 83.1. The van der Waals surface area contributed by atoms with Gasteiger partial charge in [-0.15, -0.1) is 0 Å². The van der Waals surface area contributed by atoms with Crippen LogP contribution in [0.25, 0.3) is 0 Å². The number of nitrogens with zero attached hydrogens (tertiary/aromatic N) is 4. The third-order valence-corrected chi connectivity index (χ3v) is 20.4. The molecule has 1 aromatic carbocycles. The van der Waals surface area contributed by atoms with Crippen LogP contribution >= 0.6 is 0 Å². The maximum Gasteiger partial charge on any atom is 0.104 e. The molecule has 0 aliphatic heterocycles. The van der Waals surface area contributed by atoms with E-state index in [4.69, 9.17) is 0 Å². The molecule has 0 bridgehead atoms. The van der Waals surface area contributed by atoms with E-state index in [0.717, 1.165) is 44.1 Å². The lowest BCUT2D eigenvalue weighted by Gasteiger charge is -2.36. The highest BCUT2D eigenvalue weighted by atomic mass is 15.3. The van der Waals surface area contributed by atoms with Crippen molar-refractivity contribution in [1.29, 1.82) is 0 Å². The summed E-state index contributed by atoms with van der Waals surface area (Å²) in [5.41, 5.74) is 6.67. The Kier molecular flexibility index (Phi) is 54.8. The normalized spacial score (nSPS) is 12.6. The molecule has 0 radical (unpaired) electrons. The molecule has 0 fully saturated rings. The molecule has 0 unspecified atom stereocenters. The second-order valence-electron chi connectivity index (χ2n) is 32.0. The minimum absolute atomic E-state index is 1.11. The van der Waals surface area contributed by atoms with Crippen molar-refractivity contribution in [2.45, 2.75) is 413 Å². The van der Waals surface area contributed by atoms with Gasteiger partial charge in [0.05, 0.1) is 82.6 Å². The number of unbranched alkanes of at least 4 members (excludes halogenated alkanes) is 52. The molecular formula is C82H166N4+4. The number of rotatable bonds is 68. The highest BCUT2D eigenvalue weighted by Gasteiger charge is 2.29. The molecule has 0 aliphatic rings. The van der Waals surface area contributed by atoms with Crippen molar-refractivity contribution in [2.75, 3.05) is 82.6 Å². The van der Waals surface area contributed by atoms with E-state index >= 15 is 0 Å². The van der Waals surface area contributed by atoms with Crippen molar-refractivity contribution in [3.8, 4) is 0 Å². The summed E-state index contributed by atoms with van der Waals surface area (Å²) in [6.07, 6.45) is 80.3. The molecule has 0 aromatic heterocycles. The summed E-state index contributed by atoms with van der Waals surface area (Å²) >= 11 is 0. The summed E-state index contributed by atoms with van der Waals surface area (Å²) in [6.45, 7) is 19.1. The topological polar surface area (TPSA) is 0 Å². The SMILES string of the molecule is CCCCCCCCCCCCCCCC[N+](C)(C)Cc1cc(C[N+](C)(C)CCCCCCCCCCCCCCCC)c(C[N+](C)(C)CCCCCCCCCCCCCCCC)cc1C[N+](C)(C)CCCCCCCCCCCCCCCC. The first-order chi connectivity index (χ1) is 41.6. The molecule has 0 aliphatic carbocycles. The van der Waals surface area contributed by atoms with Gasteiger partial charge in [-0.25, -0.2) is 0 Å². The molecule has 0 saturated carbocycles. The summed E-state index contributed by atoms with van der Waals surface area (Å²) < 4.78 is 4.42. The zero-order chi connectivity index (χ0) is 63.0. The predicted molar refractivity (Wildman–Crippen MR) is 390 cm³/mol. The first-order valence-electron chi connectivity index (χ1n) is 40.0. The molecule has 1 rings (SSSR count). The Morgan fingerprint density at radius 3 is 0.384 bits per heavy atom. The van der Waals surface area contributed by atoms with E-state index in [0.29, 0.717) is 0 Å². The van der Waals surface area contributed by atoms with Gasteiger partial charge >= 0.3 is 0 Å². The summed E-state index contributed by atoms with van der Waals surface area (Å²) in [7, 11) is 20.6. The van der Waals surface area contributed by atoms with Crippen LogP contribution in [0.2, 0.25) is 0 Å². The average molecular weight is 1210 g/mol. The van der Waals surface area contributed by atoms with Gasteiger partial charge in [-0.2, -0.15) is 0 Å². The van der Waals surface area contributed by atoms with Gasteiger partial charge in [0.2, 0.25) is 0 Å². The van der Waals surface area contributed by atoms with Gasteiger partial charge in [-0.05, 0) is 63.5 Å². The number of hydrogen-bond donors (Lipinski definition) is 0. The summed E-state index contributed by atoms with van der Waals surface area (Å²) in [5.74, 6) is 0. The van der Waals surface area contributed by atoms with Gasteiger partial charge in [0.15, 0.2) is 0 Å².